The smallest absolute Gasteiger partial charge is 0.417 e. The van der Waals surface area contributed by atoms with Crippen LogP contribution in [0.2, 0.25) is 0 Å². The maximum Gasteiger partial charge on any atom is 0.417 e. The van der Waals surface area contributed by atoms with Gasteiger partial charge in [0.2, 0.25) is 5.91 Å². The lowest BCUT2D eigenvalue weighted by Crippen LogP contribution is -2.34. The van der Waals surface area contributed by atoms with E-state index in [1.54, 1.807) is 25.4 Å². The van der Waals surface area contributed by atoms with E-state index in [1.807, 2.05) is 24.3 Å². The third-order valence-corrected chi connectivity index (χ3v) is 4.52. The maximum absolute atomic E-state index is 12.3. The molecule has 0 saturated heterocycles. The van der Waals surface area contributed by atoms with Crippen molar-refractivity contribution in [1.82, 2.24) is 20.5 Å². The van der Waals surface area contributed by atoms with Crippen LogP contribution in [-0.4, -0.2) is 45.1 Å². The van der Waals surface area contributed by atoms with Gasteiger partial charge in [0.1, 0.15) is 12.4 Å². The molecule has 0 bridgehead atoms. The van der Waals surface area contributed by atoms with Crippen molar-refractivity contribution >= 4 is 5.91 Å². The van der Waals surface area contributed by atoms with Gasteiger partial charge in [0.05, 0.1) is 30.6 Å². The number of benzene rings is 1. The van der Waals surface area contributed by atoms with Gasteiger partial charge in [0.25, 0.3) is 0 Å². The number of pyridine rings is 1. The van der Waals surface area contributed by atoms with Crippen molar-refractivity contribution in [3.63, 3.8) is 0 Å². The van der Waals surface area contributed by atoms with E-state index in [1.165, 1.54) is 12.3 Å². The van der Waals surface area contributed by atoms with Gasteiger partial charge in [-0.25, -0.2) is 0 Å². The van der Waals surface area contributed by atoms with Gasteiger partial charge in [-0.3, -0.25) is 14.9 Å². The lowest BCUT2D eigenvalue weighted by atomic mass is 10.1. The molecule has 1 amide bonds. The molecule has 0 saturated carbocycles. The Morgan fingerprint density at radius 3 is 2.48 bits per heavy atom. The van der Waals surface area contributed by atoms with Crippen LogP contribution in [0.4, 0.5) is 13.2 Å². The van der Waals surface area contributed by atoms with Crippen LogP contribution in [0.5, 0.6) is 5.75 Å². The highest BCUT2D eigenvalue weighted by atomic mass is 19.4. The number of carbonyl (C=O) groups is 1. The Bertz CT molecular complexity index is 975. The Kier molecular flexibility index (Phi) is 6.91. The highest BCUT2D eigenvalue weighted by Gasteiger charge is 2.38. The predicted octanol–water partition coefficient (Wildman–Crippen LogP) is 3.19. The number of H-pyrrole nitrogens is 1. The van der Waals surface area contributed by atoms with Crippen LogP contribution >= 0.6 is 0 Å². The molecule has 31 heavy (non-hydrogen) atoms. The molecule has 0 aliphatic rings. The first kappa shape index (κ1) is 22.3. The number of halogens is 3. The number of nitrogens with one attached hydrogen (secondary N) is 2. The molecule has 1 aromatic carbocycles. The Labute approximate surface area is 176 Å². The third kappa shape index (κ3) is 6.29. The second kappa shape index (κ2) is 9.61. The Hall–Kier alpha value is -3.40. The van der Waals surface area contributed by atoms with E-state index >= 15 is 0 Å². The molecule has 3 aromatic rings. The molecule has 3 rings (SSSR count). The molecule has 7 nitrogen and oxygen atoms in total. The van der Waals surface area contributed by atoms with Crippen molar-refractivity contribution in [3.05, 3.63) is 66.2 Å². The Balaban J connectivity index is 1.50. The Morgan fingerprint density at radius 2 is 1.90 bits per heavy atom. The summed E-state index contributed by atoms with van der Waals surface area (Å²) in [6.45, 7) is 0.826. The van der Waals surface area contributed by atoms with E-state index in [0.29, 0.717) is 5.69 Å². The van der Waals surface area contributed by atoms with E-state index in [4.69, 9.17) is 9.84 Å². The highest BCUT2D eigenvalue weighted by Crippen LogP contribution is 2.22. The summed E-state index contributed by atoms with van der Waals surface area (Å²) in [6, 6.07) is 10.1. The zero-order valence-electron chi connectivity index (χ0n) is 16.6. The molecule has 0 spiro atoms. The maximum atomic E-state index is 12.3. The fourth-order valence-electron chi connectivity index (χ4n) is 2.78. The van der Waals surface area contributed by atoms with Crippen LogP contribution in [0.1, 0.15) is 24.2 Å². The quantitative estimate of drug-likeness (QED) is 0.506. The number of ether oxygens (including phenoxy) is 1. The number of aliphatic hydroxyl groups is 1. The number of hydrogen-bond donors (Lipinski definition) is 3. The van der Waals surface area contributed by atoms with Gasteiger partial charge in [-0.15, -0.1) is 0 Å². The average molecular weight is 434 g/mol. The van der Waals surface area contributed by atoms with Gasteiger partial charge >= 0.3 is 6.18 Å². The van der Waals surface area contributed by atoms with Crippen molar-refractivity contribution in [3.8, 4) is 16.9 Å². The van der Waals surface area contributed by atoms with Crippen molar-refractivity contribution in [2.24, 2.45) is 0 Å². The summed E-state index contributed by atoms with van der Waals surface area (Å²) < 4.78 is 41.8. The van der Waals surface area contributed by atoms with Gasteiger partial charge in [-0.05, 0) is 30.2 Å². The fraction of sp³-hybridized carbons (Fsp3) is 0.286. The van der Waals surface area contributed by atoms with Crippen molar-refractivity contribution < 1.29 is 27.8 Å². The SMILES string of the molecule is C[C@@H](NC(=O)Cc1ccc(-c2cn[nH]c2)cc1)c1ccc(OCC(O)C(F)(F)F)cn1. The number of rotatable bonds is 8. The van der Waals surface area contributed by atoms with Crippen LogP contribution in [0, 0.1) is 0 Å². The van der Waals surface area contributed by atoms with Crippen LogP contribution in [0.25, 0.3) is 11.1 Å². The molecule has 0 fully saturated rings. The minimum atomic E-state index is -4.74. The first-order valence-electron chi connectivity index (χ1n) is 9.43. The molecule has 10 heteroatoms. The highest BCUT2D eigenvalue weighted by molar-refractivity contribution is 5.79. The standard InChI is InChI=1S/C21H21F3N4O3/c1-13(18-7-6-17(11-25-18)31-12-19(29)21(22,23)24)28-20(30)8-14-2-4-15(5-3-14)16-9-26-27-10-16/h2-7,9-11,13,19,29H,8,12H2,1H3,(H,26,27)(H,28,30)/t13-,19?/m1/s1. The molecule has 0 aliphatic carbocycles. The fourth-order valence-corrected chi connectivity index (χ4v) is 2.78. The predicted molar refractivity (Wildman–Crippen MR) is 106 cm³/mol. The first-order valence-corrected chi connectivity index (χ1v) is 9.43. The van der Waals surface area contributed by atoms with E-state index in [9.17, 15) is 18.0 Å². The van der Waals surface area contributed by atoms with Crippen molar-refractivity contribution in [1.29, 1.82) is 0 Å². The number of amides is 1. The summed E-state index contributed by atoms with van der Waals surface area (Å²) in [5.74, 6) is -0.109. The number of hydrogen-bond acceptors (Lipinski definition) is 5. The first-order chi connectivity index (χ1) is 14.7. The third-order valence-electron chi connectivity index (χ3n) is 4.52. The average Bonchev–Trinajstić information content (AvgIpc) is 3.27. The number of aromatic nitrogens is 3. The molecule has 3 N–H and O–H groups in total. The van der Waals surface area contributed by atoms with E-state index in [-0.39, 0.29) is 18.1 Å². The number of nitrogens with zero attached hydrogens (tertiary/aromatic N) is 2. The van der Waals surface area contributed by atoms with E-state index in [0.717, 1.165) is 16.7 Å². The summed E-state index contributed by atoms with van der Waals surface area (Å²) in [5.41, 5.74) is 3.31. The molecule has 1 unspecified atom stereocenters. The molecular formula is C21H21F3N4O3. The topological polar surface area (TPSA) is 100 Å². The molecule has 2 atom stereocenters. The van der Waals surface area contributed by atoms with Crippen molar-refractivity contribution in [2.75, 3.05) is 6.61 Å². The molecule has 164 valence electrons. The monoisotopic (exact) mass is 434 g/mol. The number of aromatic amines is 1. The summed E-state index contributed by atoms with van der Waals surface area (Å²) in [6.07, 6.45) is -2.39. The van der Waals surface area contributed by atoms with Crippen LogP contribution in [0.15, 0.2) is 55.0 Å². The zero-order chi connectivity index (χ0) is 22.4. The van der Waals surface area contributed by atoms with E-state index in [2.05, 4.69) is 20.5 Å². The second-order valence-electron chi connectivity index (χ2n) is 6.94. The summed E-state index contributed by atoms with van der Waals surface area (Å²) >= 11 is 0. The van der Waals surface area contributed by atoms with Gasteiger partial charge in [-0.2, -0.15) is 18.3 Å². The number of carbonyl (C=O) groups excluding carboxylic acids is 1. The summed E-state index contributed by atoms with van der Waals surface area (Å²) in [7, 11) is 0. The zero-order valence-corrected chi connectivity index (χ0v) is 16.6. The van der Waals surface area contributed by atoms with Gasteiger partial charge < -0.3 is 15.2 Å². The normalized spacial score (nSPS) is 13.5. The minimum absolute atomic E-state index is 0.0864. The van der Waals surface area contributed by atoms with Crippen molar-refractivity contribution in [2.45, 2.75) is 31.7 Å². The van der Waals surface area contributed by atoms with Gasteiger partial charge in [0.15, 0.2) is 6.10 Å². The van der Waals surface area contributed by atoms with Gasteiger partial charge in [0, 0.05) is 11.8 Å². The molecular weight excluding hydrogens is 413 g/mol. The number of aliphatic hydroxyl groups excluding tert-OH is 1. The largest absolute Gasteiger partial charge is 0.489 e. The number of alkyl halides is 3. The lowest BCUT2D eigenvalue weighted by molar-refractivity contribution is -0.210. The molecule has 0 radical (unpaired) electrons. The van der Waals surface area contributed by atoms with Gasteiger partial charge in [-0.1, -0.05) is 24.3 Å². The minimum Gasteiger partial charge on any atom is -0.489 e. The summed E-state index contributed by atoms with van der Waals surface area (Å²) in [5, 5.41) is 18.4. The second-order valence-corrected chi connectivity index (χ2v) is 6.94. The van der Waals surface area contributed by atoms with Crippen LogP contribution < -0.4 is 10.1 Å². The molecule has 0 aliphatic heterocycles. The van der Waals surface area contributed by atoms with Crippen LogP contribution in [-0.2, 0) is 11.2 Å². The summed E-state index contributed by atoms with van der Waals surface area (Å²) in [4.78, 5) is 16.4. The van der Waals surface area contributed by atoms with E-state index < -0.39 is 24.9 Å². The Morgan fingerprint density at radius 1 is 1.16 bits per heavy atom. The lowest BCUT2D eigenvalue weighted by Gasteiger charge is -2.16. The van der Waals surface area contributed by atoms with Crippen LogP contribution in [0.3, 0.4) is 0 Å². The molecule has 2 aromatic heterocycles. The molecule has 2 heterocycles.